The van der Waals surface area contributed by atoms with Crippen LogP contribution in [0.2, 0.25) is 6.04 Å². The largest absolute Gasteiger partial charge is 0.500 e. The third-order valence-corrected chi connectivity index (χ3v) is 5.77. The topological polar surface area (TPSA) is 71.4 Å². The van der Waals surface area contributed by atoms with Crippen molar-refractivity contribution < 1.29 is 23.5 Å². The Hall–Kier alpha value is -0.0231. The molecule has 2 N–H and O–H groups in total. The minimum absolute atomic E-state index is 0.409. The molecule has 0 spiro atoms. The molecule has 0 rings (SSSR count). The minimum atomic E-state index is -2.52. The lowest BCUT2D eigenvalue weighted by Crippen LogP contribution is -2.44. The first kappa shape index (κ1) is 19.0. The fourth-order valence-electron chi connectivity index (χ4n) is 2.08. The molecule has 0 aliphatic rings. The van der Waals surface area contributed by atoms with Crippen molar-refractivity contribution in [1.82, 2.24) is 4.90 Å². The van der Waals surface area contributed by atoms with E-state index >= 15 is 0 Å². The molecule has 0 amide bonds. The van der Waals surface area contributed by atoms with E-state index < -0.39 is 21.0 Å². The molecule has 0 heterocycles. The summed E-state index contributed by atoms with van der Waals surface area (Å²) in [6, 6.07) is 0.715. The summed E-state index contributed by atoms with van der Waals surface area (Å²) in [5.74, 6) is 0. The van der Waals surface area contributed by atoms with E-state index in [0.29, 0.717) is 19.1 Å². The lowest BCUT2D eigenvalue weighted by atomic mass is 10.3. The first-order valence-corrected chi connectivity index (χ1v) is 8.56. The molecule has 0 aromatic rings. The van der Waals surface area contributed by atoms with Gasteiger partial charge in [-0.15, -0.1) is 0 Å². The van der Waals surface area contributed by atoms with Crippen molar-refractivity contribution >= 4 is 8.80 Å². The molecule has 0 radical (unpaired) electrons. The molecule has 0 bridgehead atoms. The molecule has 0 saturated heterocycles. The molecule has 2 unspecified atom stereocenters. The highest BCUT2D eigenvalue weighted by molar-refractivity contribution is 6.60. The molecule has 0 fully saturated rings. The van der Waals surface area contributed by atoms with Gasteiger partial charge in [0, 0.05) is 40.5 Å². The summed E-state index contributed by atoms with van der Waals surface area (Å²) in [5, 5.41) is 18.9. The Morgan fingerprint density at radius 1 is 0.947 bits per heavy atom. The third kappa shape index (κ3) is 7.98. The minimum Gasteiger partial charge on any atom is -0.392 e. The average molecular weight is 295 g/mol. The van der Waals surface area contributed by atoms with E-state index in [1.807, 2.05) is 4.90 Å². The van der Waals surface area contributed by atoms with E-state index in [1.165, 1.54) is 0 Å². The van der Waals surface area contributed by atoms with Gasteiger partial charge in [-0.3, -0.25) is 4.90 Å². The van der Waals surface area contributed by atoms with E-state index in [9.17, 15) is 10.2 Å². The zero-order valence-electron chi connectivity index (χ0n) is 12.8. The monoisotopic (exact) mass is 295 g/mol. The van der Waals surface area contributed by atoms with Gasteiger partial charge in [0.25, 0.3) is 0 Å². The first-order chi connectivity index (χ1) is 8.89. The van der Waals surface area contributed by atoms with Crippen LogP contribution in [0.15, 0.2) is 0 Å². The van der Waals surface area contributed by atoms with Gasteiger partial charge in [0.1, 0.15) is 0 Å². The predicted octanol–water partition coefficient (Wildman–Crippen LogP) is 0.318. The van der Waals surface area contributed by atoms with Gasteiger partial charge in [0.2, 0.25) is 0 Å². The van der Waals surface area contributed by atoms with Crippen LogP contribution in [0.1, 0.15) is 20.3 Å². The standard InChI is InChI=1S/C12H29NO5Si/c1-11(14)9-13(10-12(2)15)7-6-8-19(16-3,17-4)18-5/h11-12,14-15H,6-10H2,1-5H3. The van der Waals surface area contributed by atoms with Crippen molar-refractivity contribution in [2.75, 3.05) is 41.0 Å². The number of nitrogens with zero attached hydrogens (tertiary/aromatic N) is 1. The summed E-state index contributed by atoms with van der Waals surface area (Å²) < 4.78 is 16.1. The third-order valence-electron chi connectivity index (χ3n) is 2.94. The number of hydrogen-bond acceptors (Lipinski definition) is 6. The quantitative estimate of drug-likeness (QED) is 0.535. The van der Waals surface area contributed by atoms with Crippen LogP contribution in [0.25, 0.3) is 0 Å². The summed E-state index contributed by atoms with van der Waals surface area (Å²) in [6.45, 7) is 5.35. The van der Waals surface area contributed by atoms with E-state index in [4.69, 9.17) is 13.3 Å². The van der Waals surface area contributed by atoms with E-state index in [2.05, 4.69) is 0 Å². The molecule has 116 valence electrons. The molecule has 0 saturated carbocycles. The SMILES string of the molecule is CO[Si](CCCN(CC(C)O)CC(C)O)(OC)OC. The molecule has 0 aliphatic heterocycles. The van der Waals surface area contributed by atoms with Crippen molar-refractivity contribution in [3.05, 3.63) is 0 Å². The van der Waals surface area contributed by atoms with E-state index in [1.54, 1.807) is 35.2 Å². The number of aliphatic hydroxyl groups excluding tert-OH is 2. The van der Waals surface area contributed by atoms with Crippen molar-refractivity contribution in [2.45, 2.75) is 38.5 Å². The van der Waals surface area contributed by atoms with Gasteiger partial charge in [-0.2, -0.15) is 0 Å². The Bertz CT molecular complexity index is 206. The van der Waals surface area contributed by atoms with Crippen LogP contribution < -0.4 is 0 Å². The molecule has 7 heteroatoms. The van der Waals surface area contributed by atoms with Crippen LogP contribution in [0.5, 0.6) is 0 Å². The summed E-state index contributed by atoms with van der Waals surface area (Å²) in [7, 11) is 2.28. The normalized spacial score (nSPS) is 15.8. The highest BCUT2D eigenvalue weighted by Gasteiger charge is 2.37. The van der Waals surface area contributed by atoms with Gasteiger partial charge in [0.05, 0.1) is 12.2 Å². The fourth-order valence-corrected chi connectivity index (χ4v) is 3.78. The molecule has 0 aromatic carbocycles. The fraction of sp³-hybridized carbons (Fsp3) is 1.00. The molecule has 0 aromatic heterocycles. The molecule has 19 heavy (non-hydrogen) atoms. The Balaban J connectivity index is 4.23. The van der Waals surface area contributed by atoms with Crippen LogP contribution in [-0.4, -0.2) is 77.1 Å². The van der Waals surface area contributed by atoms with Crippen LogP contribution in [-0.2, 0) is 13.3 Å². The van der Waals surface area contributed by atoms with Gasteiger partial charge >= 0.3 is 8.80 Å². The van der Waals surface area contributed by atoms with Gasteiger partial charge in [0.15, 0.2) is 0 Å². The lowest BCUT2D eigenvalue weighted by molar-refractivity contribution is 0.0812. The molecule has 2 atom stereocenters. The zero-order valence-corrected chi connectivity index (χ0v) is 13.8. The molecular weight excluding hydrogens is 266 g/mol. The van der Waals surface area contributed by atoms with Gasteiger partial charge in [-0.05, 0) is 26.8 Å². The van der Waals surface area contributed by atoms with Crippen LogP contribution in [0.4, 0.5) is 0 Å². The molecule has 0 aliphatic carbocycles. The second kappa shape index (κ2) is 9.81. The summed E-state index contributed by atoms with van der Waals surface area (Å²) in [4.78, 5) is 2.04. The summed E-state index contributed by atoms with van der Waals surface area (Å²) in [6.07, 6.45) is 0.0160. The van der Waals surface area contributed by atoms with E-state index in [-0.39, 0.29) is 0 Å². The highest BCUT2D eigenvalue weighted by atomic mass is 28.4. The molecule has 6 nitrogen and oxygen atoms in total. The highest BCUT2D eigenvalue weighted by Crippen LogP contribution is 2.15. The zero-order chi connectivity index (χ0) is 14.9. The summed E-state index contributed by atoms with van der Waals surface area (Å²) >= 11 is 0. The maximum absolute atomic E-state index is 9.44. The number of hydrogen-bond donors (Lipinski definition) is 2. The number of aliphatic hydroxyl groups is 2. The Morgan fingerprint density at radius 3 is 1.68 bits per heavy atom. The maximum atomic E-state index is 9.44. The number of rotatable bonds is 11. The Kier molecular flexibility index (Phi) is 9.80. The van der Waals surface area contributed by atoms with Gasteiger partial charge in [-0.1, -0.05) is 0 Å². The average Bonchev–Trinajstić information content (AvgIpc) is 2.33. The van der Waals surface area contributed by atoms with E-state index in [0.717, 1.165) is 13.0 Å². The first-order valence-electron chi connectivity index (χ1n) is 6.63. The summed E-state index contributed by atoms with van der Waals surface area (Å²) in [5.41, 5.74) is 0. The van der Waals surface area contributed by atoms with Crippen molar-refractivity contribution in [1.29, 1.82) is 0 Å². The predicted molar refractivity (Wildman–Crippen MR) is 76.0 cm³/mol. The van der Waals surface area contributed by atoms with Gasteiger partial charge in [-0.25, -0.2) is 0 Å². The van der Waals surface area contributed by atoms with Crippen molar-refractivity contribution in [3.8, 4) is 0 Å². The van der Waals surface area contributed by atoms with Gasteiger partial charge < -0.3 is 23.5 Å². The second-order valence-electron chi connectivity index (χ2n) is 4.86. The smallest absolute Gasteiger partial charge is 0.392 e. The van der Waals surface area contributed by atoms with Crippen molar-refractivity contribution in [3.63, 3.8) is 0 Å². The van der Waals surface area contributed by atoms with Crippen LogP contribution in [0.3, 0.4) is 0 Å². The maximum Gasteiger partial charge on any atom is 0.500 e. The van der Waals surface area contributed by atoms with Crippen molar-refractivity contribution in [2.24, 2.45) is 0 Å². The van der Waals surface area contributed by atoms with Crippen LogP contribution >= 0.6 is 0 Å². The Morgan fingerprint density at radius 2 is 1.37 bits per heavy atom. The molecular formula is C12H29NO5Si. The second-order valence-corrected chi connectivity index (χ2v) is 7.95. The lowest BCUT2D eigenvalue weighted by Gasteiger charge is -2.28. The Labute approximate surface area is 117 Å². The van der Waals surface area contributed by atoms with Crippen LogP contribution in [0, 0.1) is 0 Å².